The Morgan fingerprint density at radius 3 is 2.65 bits per heavy atom. The lowest BCUT2D eigenvalue weighted by Gasteiger charge is -2.30. The Hall–Kier alpha value is -2.36. The molecule has 3 unspecified atom stereocenters. The Bertz CT molecular complexity index is 952. The SMILES string of the molecule is C=C(C(CC1=C(F)C(C(=O)OC)C(C)C=C1)c1ccc(C2CC2)cc1NC)C1(C)CC1. The first-order chi connectivity index (χ1) is 14.8. The largest absolute Gasteiger partial charge is 0.468 e. The second kappa shape index (κ2) is 8.29. The van der Waals surface area contributed by atoms with Gasteiger partial charge >= 0.3 is 5.97 Å². The van der Waals surface area contributed by atoms with Gasteiger partial charge in [0, 0.05) is 18.7 Å². The van der Waals surface area contributed by atoms with Crippen LogP contribution in [0.3, 0.4) is 0 Å². The molecule has 3 aliphatic rings. The molecule has 4 heteroatoms. The normalized spacial score (nSPS) is 25.2. The summed E-state index contributed by atoms with van der Waals surface area (Å²) in [7, 11) is 3.27. The van der Waals surface area contributed by atoms with Crippen LogP contribution in [0.4, 0.5) is 10.1 Å². The lowest BCUT2D eigenvalue weighted by molar-refractivity contribution is -0.145. The maximum Gasteiger partial charge on any atom is 0.316 e. The summed E-state index contributed by atoms with van der Waals surface area (Å²) in [5, 5.41) is 3.37. The molecule has 0 amide bonds. The lowest BCUT2D eigenvalue weighted by Crippen LogP contribution is -2.26. The molecular formula is C27H34FNO2. The highest BCUT2D eigenvalue weighted by atomic mass is 19.1. The fraction of sp³-hybridized carbons (Fsp3) is 0.519. The quantitative estimate of drug-likeness (QED) is 0.375. The first kappa shape index (κ1) is 21.9. The predicted molar refractivity (Wildman–Crippen MR) is 124 cm³/mol. The van der Waals surface area contributed by atoms with Crippen LogP contribution in [0.1, 0.15) is 68.9 Å². The summed E-state index contributed by atoms with van der Waals surface area (Å²) < 4.78 is 20.4. The summed E-state index contributed by atoms with van der Waals surface area (Å²) in [5.74, 6) is -1.30. The molecule has 3 nitrogen and oxygen atoms in total. The fourth-order valence-corrected chi connectivity index (χ4v) is 4.83. The summed E-state index contributed by atoms with van der Waals surface area (Å²) >= 11 is 0. The number of carbonyl (C=O) groups excluding carboxylic acids is 1. The number of allylic oxidation sites excluding steroid dienone is 4. The van der Waals surface area contributed by atoms with Crippen molar-refractivity contribution in [3.05, 3.63) is 65.0 Å². The Balaban J connectivity index is 1.71. The van der Waals surface area contributed by atoms with Crippen LogP contribution in [-0.4, -0.2) is 20.1 Å². The van der Waals surface area contributed by atoms with Crippen molar-refractivity contribution >= 4 is 11.7 Å². The number of ether oxygens (including phenoxy) is 1. The summed E-state index contributed by atoms with van der Waals surface area (Å²) in [6.07, 6.45) is 9.03. The number of nitrogens with one attached hydrogen (secondary N) is 1. The minimum absolute atomic E-state index is 0.0136. The van der Waals surface area contributed by atoms with Crippen molar-refractivity contribution in [2.24, 2.45) is 17.3 Å². The molecular weight excluding hydrogens is 389 g/mol. The monoisotopic (exact) mass is 423 g/mol. The van der Waals surface area contributed by atoms with Gasteiger partial charge in [0.1, 0.15) is 11.7 Å². The number of hydrogen-bond acceptors (Lipinski definition) is 3. The minimum Gasteiger partial charge on any atom is -0.468 e. The average Bonchev–Trinajstić information content (AvgIpc) is 3.69. The first-order valence-electron chi connectivity index (χ1n) is 11.4. The Labute approximate surface area is 185 Å². The van der Waals surface area contributed by atoms with E-state index in [1.165, 1.54) is 25.5 Å². The molecule has 0 spiro atoms. The molecule has 1 aromatic rings. The maximum atomic E-state index is 15.5. The summed E-state index contributed by atoms with van der Waals surface area (Å²) in [6, 6.07) is 6.68. The van der Waals surface area contributed by atoms with E-state index in [4.69, 9.17) is 4.74 Å². The molecule has 0 bridgehead atoms. The summed E-state index contributed by atoms with van der Waals surface area (Å²) in [5.41, 5.74) is 5.47. The van der Waals surface area contributed by atoms with Crippen molar-refractivity contribution in [3.8, 4) is 0 Å². The molecule has 1 N–H and O–H groups in total. The third-order valence-electron chi connectivity index (χ3n) is 7.55. The smallest absolute Gasteiger partial charge is 0.316 e. The molecule has 31 heavy (non-hydrogen) atoms. The lowest BCUT2D eigenvalue weighted by atomic mass is 9.76. The van der Waals surface area contributed by atoms with Gasteiger partial charge in [0.05, 0.1) is 7.11 Å². The summed E-state index contributed by atoms with van der Waals surface area (Å²) in [4.78, 5) is 12.2. The van der Waals surface area contributed by atoms with Crippen LogP contribution in [0, 0.1) is 17.3 Å². The molecule has 4 rings (SSSR count). The van der Waals surface area contributed by atoms with Crippen LogP contribution >= 0.6 is 0 Å². The van der Waals surface area contributed by atoms with Crippen molar-refractivity contribution in [3.63, 3.8) is 0 Å². The second-order valence-corrected chi connectivity index (χ2v) is 9.81. The standard InChI is InChI=1S/C27H34FNO2/c1-16-6-7-20(25(28)24(16)26(30)31-5)14-22(17(2)27(3)12-13-27)21-11-10-19(18-8-9-18)15-23(21)29-4/h6-7,10-11,15-16,18,22,24,29H,2,8-9,12-14H2,1,3-5H3. The fourth-order valence-electron chi connectivity index (χ4n) is 4.83. The van der Waals surface area contributed by atoms with Crippen LogP contribution < -0.4 is 5.32 Å². The molecule has 3 aliphatic carbocycles. The highest BCUT2D eigenvalue weighted by molar-refractivity contribution is 5.77. The van der Waals surface area contributed by atoms with Crippen LogP contribution in [-0.2, 0) is 9.53 Å². The highest BCUT2D eigenvalue weighted by Crippen LogP contribution is 2.57. The molecule has 166 valence electrons. The van der Waals surface area contributed by atoms with Crippen molar-refractivity contribution in [2.75, 3.05) is 19.5 Å². The van der Waals surface area contributed by atoms with Crippen molar-refractivity contribution in [2.45, 2.75) is 57.8 Å². The zero-order valence-corrected chi connectivity index (χ0v) is 19.1. The molecule has 2 fully saturated rings. The topological polar surface area (TPSA) is 38.3 Å². The average molecular weight is 424 g/mol. The number of anilines is 1. The van der Waals surface area contributed by atoms with Crippen molar-refractivity contribution < 1.29 is 13.9 Å². The van der Waals surface area contributed by atoms with Gasteiger partial charge in [0.2, 0.25) is 0 Å². The maximum absolute atomic E-state index is 15.5. The van der Waals surface area contributed by atoms with E-state index in [-0.39, 0.29) is 23.1 Å². The number of carbonyl (C=O) groups is 1. The van der Waals surface area contributed by atoms with Crippen LogP contribution in [0.25, 0.3) is 0 Å². The molecule has 3 atom stereocenters. The van der Waals surface area contributed by atoms with E-state index in [0.29, 0.717) is 17.9 Å². The van der Waals surface area contributed by atoms with Crippen LogP contribution in [0.2, 0.25) is 0 Å². The van der Waals surface area contributed by atoms with Gasteiger partial charge in [-0.25, -0.2) is 4.39 Å². The Kier molecular flexibility index (Phi) is 5.85. The minimum atomic E-state index is -0.864. The molecule has 0 aromatic heterocycles. The number of halogens is 1. The van der Waals surface area contributed by atoms with Gasteiger partial charge in [-0.15, -0.1) is 0 Å². The number of hydrogen-bond donors (Lipinski definition) is 1. The van der Waals surface area contributed by atoms with Gasteiger partial charge in [-0.1, -0.05) is 50.3 Å². The molecule has 0 aliphatic heterocycles. The van der Waals surface area contributed by atoms with Crippen molar-refractivity contribution in [1.29, 1.82) is 0 Å². The van der Waals surface area contributed by atoms with Gasteiger partial charge in [0.25, 0.3) is 0 Å². The predicted octanol–water partition coefficient (Wildman–Crippen LogP) is 6.65. The van der Waals surface area contributed by atoms with E-state index in [9.17, 15) is 4.79 Å². The first-order valence-corrected chi connectivity index (χ1v) is 11.4. The molecule has 0 saturated heterocycles. The van der Waals surface area contributed by atoms with E-state index in [1.807, 2.05) is 26.1 Å². The van der Waals surface area contributed by atoms with Gasteiger partial charge in [-0.05, 0) is 72.1 Å². The van der Waals surface area contributed by atoms with Gasteiger partial charge in [-0.2, -0.15) is 0 Å². The number of methoxy groups -OCH3 is 1. The van der Waals surface area contributed by atoms with Crippen molar-refractivity contribution in [1.82, 2.24) is 0 Å². The zero-order chi connectivity index (χ0) is 22.3. The van der Waals surface area contributed by atoms with E-state index in [2.05, 4.69) is 37.0 Å². The van der Waals surface area contributed by atoms with Gasteiger partial charge < -0.3 is 10.1 Å². The summed E-state index contributed by atoms with van der Waals surface area (Å²) in [6.45, 7) is 8.60. The van der Waals surface area contributed by atoms with Crippen LogP contribution in [0.15, 0.2) is 53.9 Å². The van der Waals surface area contributed by atoms with Gasteiger partial charge in [0.15, 0.2) is 0 Å². The number of benzene rings is 1. The highest BCUT2D eigenvalue weighted by Gasteiger charge is 2.44. The molecule has 0 heterocycles. The van der Waals surface area contributed by atoms with E-state index in [0.717, 1.165) is 29.7 Å². The Morgan fingerprint density at radius 1 is 1.35 bits per heavy atom. The van der Waals surface area contributed by atoms with E-state index < -0.39 is 11.9 Å². The third kappa shape index (κ3) is 4.22. The number of esters is 1. The molecule has 0 radical (unpaired) electrons. The molecule has 1 aromatic carbocycles. The van der Waals surface area contributed by atoms with Crippen LogP contribution in [0.5, 0.6) is 0 Å². The zero-order valence-electron chi connectivity index (χ0n) is 19.1. The van der Waals surface area contributed by atoms with E-state index >= 15 is 4.39 Å². The Morgan fingerprint density at radius 2 is 2.06 bits per heavy atom. The van der Waals surface area contributed by atoms with E-state index in [1.54, 1.807) is 0 Å². The molecule has 2 saturated carbocycles. The second-order valence-electron chi connectivity index (χ2n) is 9.81. The number of rotatable bonds is 8. The third-order valence-corrected chi connectivity index (χ3v) is 7.55. The van der Waals surface area contributed by atoms with Gasteiger partial charge in [-0.3, -0.25) is 4.79 Å².